The lowest BCUT2D eigenvalue weighted by atomic mass is 9.63. The molecule has 0 aromatic heterocycles. The van der Waals surface area contributed by atoms with Crippen molar-refractivity contribution in [1.82, 2.24) is 0 Å². The minimum Gasteiger partial charge on any atom is -0.492 e. The molecule has 39 heavy (non-hydrogen) atoms. The number of anilines is 2. The number of carbonyl (C=O) groups is 4. The number of imide groups is 1. The van der Waals surface area contributed by atoms with Crippen molar-refractivity contribution in [1.29, 1.82) is 0 Å². The molecule has 2 saturated carbocycles. The summed E-state index contributed by atoms with van der Waals surface area (Å²) in [6, 6.07) is 12.3. The molecule has 7 atom stereocenters. The fourth-order valence-electron chi connectivity index (χ4n) is 7.39. The van der Waals surface area contributed by atoms with E-state index < -0.39 is 11.9 Å². The van der Waals surface area contributed by atoms with E-state index in [4.69, 9.17) is 9.47 Å². The number of aryl methyl sites for hydroxylation is 1. The highest BCUT2D eigenvalue weighted by Gasteiger charge is 2.67. The van der Waals surface area contributed by atoms with E-state index in [1.165, 1.54) is 4.90 Å². The maximum atomic E-state index is 13.5. The van der Waals surface area contributed by atoms with Gasteiger partial charge in [-0.1, -0.05) is 24.3 Å². The lowest BCUT2D eigenvalue weighted by Gasteiger charge is -2.37. The first kappa shape index (κ1) is 24.1. The van der Waals surface area contributed by atoms with Crippen LogP contribution in [-0.4, -0.2) is 36.8 Å². The third-order valence-corrected chi connectivity index (χ3v) is 9.20. The van der Waals surface area contributed by atoms with Gasteiger partial charge in [0.1, 0.15) is 11.5 Å². The van der Waals surface area contributed by atoms with Crippen molar-refractivity contribution >= 4 is 35.1 Å². The molecule has 2 aliphatic heterocycles. The summed E-state index contributed by atoms with van der Waals surface area (Å²) in [5, 5.41) is 0. The van der Waals surface area contributed by atoms with Crippen LogP contribution in [-0.2, 0) is 19.2 Å². The van der Waals surface area contributed by atoms with Gasteiger partial charge in [0.25, 0.3) is 0 Å². The number of nitrogens with zero attached hydrogens (tertiary/aromatic N) is 2. The van der Waals surface area contributed by atoms with E-state index >= 15 is 0 Å². The normalized spacial score (nSPS) is 31.9. The van der Waals surface area contributed by atoms with Gasteiger partial charge in [-0.05, 0) is 79.8 Å². The van der Waals surface area contributed by atoms with Crippen molar-refractivity contribution < 1.29 is 28.7 Å². The number of benzene rings is 2. The maximum absolute atomic E-state index is 13.5. The molecular weight excluding hydrogens is 496 g/mol. The first-order chi connectivity index (χ1) is 18.9. The summed E-state index contributed by atoms with van der Waals surface area (Å²) in [5.41, 5.74) is 1.87. The Morgan fingerprint density at radius 1 is 0.949 bits per heavy atom. The van der Waals surface area contributed by atoms with Gasteiger partial charge in [0.15, 0.2) is 0 Å². The van der Waals surface area contributed by atoms with E-state index in [0.29, 0.717) is 46.9 Å². The average molecular weight is 527 g/mol. The van der Waals surface area contributed by atoms with Crippen LogP contribution in [0.4, 0.5) is 11.4 Å². The van der Waals surface area contributed by atoms with Gasteiger partial charge < -0.3 is 14.4 Å². The molecule has 8 rings (SSSR count). The predicted octanol–water partition coefficient (Wildman–Crippen LogP) is 3.91. The molecule has 0 unspecified atom stereocenters. The molecule has 4 aliphatic carbocycles. The molecule has 6 aliphatic rings. The van der Waals surface area contributed by atoms with Gasteiger partial charge in [-0.2, -0.15) is 0 Å². The number of hydrogen-bond donors (Lipinski definition) is 0. The molecule has 0 spiro atoms. The Bertz CT molecular complexity index is 1410. The Kier molecular flexibility index (Phi) is 5.44. The number of amides is 3. The summed E-state index contributed by atoms with van der Waals surface area (Å²) in [6.45, 7) is 4.36. The number of ether oxygens (including phenoxy) is 2. The Morgan fingerprint density at radius 3 is 2.31 bits per heavy atom. The number of para-hydroxylation sites is 2. The van der Waals surface area contributed by atoms with Crippen LogP contribution < -0.4 is 19.3 Å². The zero-order valence-corrected chi connectivity index (χ0v) is 21.9. The molecule has 2 heterocycles. The third-order valence-electron chi connectivity index (χ3n) is 9.20. The van der Waals surface area contributed by atoms with Crippen molar-refractivity contribution in [3.8, 4) is 11.5 Å². The maximum Gasteiger partial charge on any atom is 0.316 e. The van der Waals surface area contributed by atoms with Crippen LogP contribution in [0.1, 0.15) is 25.3 Å². The summed E-state index contributed by atoms with van der Waals surface area (Å²) >= 11 is 0. The van der Waals surface area contributed by atoms with Crippen LogP contribution in [0, 0.1) is 48.3 Å². The topological polar surface area (TPSA) is 93.2 Å². The predicted molar refractivity (Wildman–Crippen MR) is 142 cm³/mol. The average Bonchev–Trinajstić information content (AvgIpc) is 3.61. The number of carbonyl (C=O) groups excluding carboxylic acids is 4. The zero-order chi connectivity index (χ0) is 27.0. The molecule has 200 valence electrons. The highest BCUT2D eigenvalue weighted by molar-refractivity contribution is 6.23. The molecule has 4 fully saturated rings. The molecule has 2 aromatic carbocycles. The molecule has 2 bridgehead atoms. The van der Waals surface area contributed by atoms with Gasteiger partial charge in [-0.15, -0.1) is 0 Å². The monoisotopic (exact) mass is 526 g/mol. The second-order valence-corrected chi connectivity index (χ2v) is 11.3. The molecule has 3 amide bonds. The fourth-order valence-corrected chi connectivity index (χ4v) is 7.39. The number of esters is 1. The number of allylic oxidation sites excluding steroid dienone is 2. The van der Waals surface area contributed by atoms with Crippen molar-refractivity contribution in [2.24, 2.45) is 41.4 Å². The van der Waals surface area contributed by atoms with E-state index in [0.717, 1.165) is 6.42 Å². The molecule has 2 saturated heterocycles. The lowest BCUT2D eigenvalue weighted by Crippen LogP contribution is -2.40. The van der Waals surface area contributed by atoms with Gasteiger partial charge in [0.05, 0.1) is 35.7 Å². The lowest BCUT2D eigenvalue weighted by molar-refractivity contribution is -0.139. The quantitative estimate of drug-likeness (QED) is 0.245. The standard InChI is InChI=1S/C31H30N2O6/c1-3-38-25-7-5-4-6-24(25)32-15-17(13-26(32)34)31(37)39-18-8-11-23(16(2)12-18)33-29(35)27-19-9-10-20(22-14-21(19)22)28(27)30(33)36/h4-12,17,19-22,27-28H,3,13-15H2,1-2H3/t17-,19+,20+,21+,22+,27-,28-/m1/s1. The van der Waals surface area contributed by atoms with E-state index in [1.54, 1.807) is 35.2 Å². The first-order valence-electron chi connectivity index (χ1n) is 13.8. The minimum atomic E-state index is -0.619. The highest BCUT2D eigenvalue weighted by Crippen LogP contribution is 2.65. The van der Waals surface area contributed by atoms with Crippen LogP contribution in [0.25, 0.3) is 0 Å². The van der Waals surface area contributed by atoms with Gasteiger partial charge >= 0.3 is 5.97 Å². The fraction of sp³-hybridized carbons (Fsp3) is 0.419. The second-order valence-electron chi connectivity index (χ2n) is 11.3. The van der Waals surface area contributed by atoms with Crippen LogP contribution in [0.2, 0.25) is 0 Å². The highest BCUT2D eigenvalue weighted by atomic mass is 16.5. The summed E-state index contributed by atoms with van der Waals surface area (Å²) < 4.78 is 11.3. The smallest absolute Gasteiger partial charge is 0.316 e. The largest absolute Gasteiger partial charge is 0.492 e. The van der Waals surface area contributed by atoms with Crippen LogP contribution in [0.5, 0.6) is 11.5 Å². The Balaban J connectivity index is 1.06. The van der Waals surface area contributed by atoms with Crippen LogP contribution >= 0.6 is 0 Å². The molecule has 2 aromatic rings. The van der Waals surface area contributed by atoms with Crippen molar-refractivity contribution in [3.63, 3.8) is 0 Å². The van der Waals surface area contributed by atoms with Crippen molar-refractivity contribution in [3.05, 3.63) is 60.2 Å². The third kappa shape index (κ3) is 3.64. The Labute approximate surface area is 226 Å². The van der Waals surface area contributed by atoms with Gasteiger partial charge in [-0.25, -0.2) is 4.90 Å². The van der Waals surface area contributed by atoms with Gasteiger partial charge in [0.2, 0.25) is 17.7 Å². The van der Waals surface area contributed by atoms with E-state index in [2.05, 4.69) is 12.2 Å². The van der Waals surface area contributed by atoms with Crippen molar-refractivity contribution in [2.45, 2.75) is 26.7 Å². The molecule has 8 nitrogen and oxygen atoms in total. The minimum absolute atomic E-state index is 0.0499. The molecule has 8 heteroatoms. The van der Waals surface area contributed by atoms with Gasteiger partial charge in [0, 0.05) is 13.0 Å². The van der Waals surface area contributed by atoms with Crippen molar-refractivity contribution in [2.75, 3.05) is 23.0 Å². The van der Waals surface area contributed by atoms with E-state index in [1.807, 2.05) is 26.0 Å². The summed E-state index contributed by atoms with van der Waals surface area (Å²) in [6.07, 6.45) is 5.50. The Hall–Kier alpha value is -3.94. The van der Waals surface area contributed by atoms with Crippen LogP contribution in [0.15, 0.2) is 54.6 Å². The SMILES string of the molecule is CCOc1ccccc1N1C[C@H](C(=O)Oc2ccc(N3C(=O)[C@@H]4[C@H]5C=C[C@@H]([C@@H]6C[C@@H]56)[C@H]4C3=O)c(C)c2)CC1=O. The summed E-state index contributed by atoms with van der Waals surface area (Å²) in [4.78, 5) is 55.7. The van der Waals surface area contributed by atoms with Gasteiger partial charge in [-0.3, -0.25) is 19.2 Å². The van der Waals surface area contributed by atoms with E-state index in [-0.39, 0.29) is 54.4 Å². The number of hydrogen-bond acceptors (Lipinski definition) is 6. The Morgan fingerprint density at radius 2 is 1.64 bits per heavy atom. The summed E-state index contributed by atoms with van der Waals surface area (Å²) in [7, 11) is 0. The molecular formula is C31H30N2O6. The van der Waals surface area contributed by atoms with Crippen LogP contribution in [0.3, 0.4) is 0 Å². The summed E-state index contributed by atoms with van der Waals surface area (Å²) in [5.74, 6) is 0.332. The number of rotatable bonds is 6. The first-order valence-corrected chi connectivity index (χ1v) is 13.8. The zero-order valence-electron chi connectivity index (χ0n) is 21.9. The van der Waals surface area contributed by atoms with E-state index in [9.17, 15) is 19.2 Å². The molecule has 0 radical (unpaired) electrons. The second kappa shape index (κ2) is 8.79. The molecule has 0 N–H and O–H groups in total.